The third kappa shape index (κ3) is 6.77. The molecular formula is C22H26ClN3O4S. The number of thiocarbonyl (C=S) groups is 1. The van der Waals surface area contributed by atoms with Crippen LogP contribution in [0.4, 0.5) is 0 Å². The van der Waals surface area contributed by atoms with E-state index in [0.29, 0.717) is 23.7 Å². The minimum absolute atomic E-state index is 0.0806. The molecule has 2 fully saturated rings. The first-order valence-electron chi connectivity index (χ1n) is 10.5. The van der Waals surface area contributed by atoms with Gasteiger partial charge in [-0.3, -0.25) is 19.7 Å². The summed E-state index contributed by atoms with van der Waals surface area (Å²) in [5.41, 5.74) is 0.700. The lowest BCUT2D eigenvalue weighted by molar-refractivity contribution is -0.153. The molecule has 1 heterocycles. The molecule has 1 atom stereocenters. The number of amides is 2. The van der Waals surface area contributed by atoms with E-state index in [4.69, 9.17) is 28.6 Å². The van der Waals surface area contributed by atoms with Crippen LogP contribution >= 0.6 is 23.8 Å². The van der Waals surface area contributed by atoms with Crippen LogP contribution in [0.5, 0.6) is 0 Å². The van der Waals surface area contributed by atoms with Gasteiger partial charge in [-0.05, 0) is 55.6 Å². The molecule has 9 heteroatoms. The zero-order chi connectivity index (χ0) is 22.2. The summed E-state index contributed by atoms with van der Waals surface area (Å²) in [5, 5.41) is 5.97. The number of benzene rings is 1. The number of esters is 1. The highest BCUT2D eigenvalue weighted by atomic mass is 35.5. The van der Waals surface area contributed by atoms with Gasteiger partial charge in [0.05, 0.1) is 6.42 Å². The summed E-state index contributed by atoms with van der Waals surface area (Å²) >= 11 is 11.4. The number of carbonyl (C=O) groups excluding carboxylic acids is 3. The van der Waals surface area contributed by atoms with Gasteiger partial charge in [0, 0.05) is 24.2 Å². The van der Waals surface area contributed by atoms with Crippen molar-refractivity contribution in [1.29, 1.82) is 0 Å². The van der Waals surface area contributed by atoms with E-state index in [1.165, 1.54) is 6.08 Å². The van der Waals surface area contributed by atoms with Crippen LogP contribution in [0, 0.1) is 0 Å². The highest BCUT2D eigenvalue weighted by Crippen LogP contribution is 2.21. The first-order chi connectivity index (χ1) is 14.9. The van der Waals surface area contributed by atoms with Gasteiger partial charge in [0.15, 0.2) is 5.11 Å². The highest BCUT2D eigenvalue weighted by molar-refractivity contribution is 7.80. The van der Waals surface area contributed by atoms with Crippen LogP contribution in [0.25, 0.3) is 6.08 Å². The van der Waals surface area contributed by atoms with Crippen LogP contribution in [-0.2, 0) is 19.1 Å². The number of hydrogen-bond donors (Lipinski definition) is 2. The van der Waals surface area contributed by atoms with Gasteiger partial charge in [-0.1, -0.05) is 36.2 Å². The topological polar surface area (TPSA) is 87.7 Å². The number of ether oxygens (including phenoxy) is 1. The number of nitrogens with zero attached hydrogens (tertiary/aromatic N) is 1. The van der Waals surface area contributed by atoms with E-state index >= 15 is 0 Å². The fraction of sp³-hybridized carbons (Fsp3) is 0.455. The van der Waals surface area contributed by atoms with Gasteiger partial charge in [-0.15, -0.1) is 0 Å². The van der Waals surface area contributed by atoms with Crippen LogP contribution < -0.4 is 10.6 Å². The van der Waals surface area contributed by atoms with E-state index in [1.54, 1.807) is 29.2 Å². The lowest BCUT2D eigenvalue weighted by Gasteiger charge is -2.36. The molecule has 1 unspecified atom stereocenters. The highest BCUT2D eigenvalue weighted by Gasteiger charge is 2.34. The van der Waals surface area contributed by atoms with Crippen molar-refractivity contribution in [2.75, 3.05) is 13.1 Å². The predicted molar refractivity (Wildman–Crippen MR) is 122 cm³/mol. The number of nitrogens with one attached hydrogen (secondary N) is 2. The summed E-state index contributed by atoms with van der Waals surface area (Å²) in [4.78, 5) is 38.7. The van der Waals surface area contributed by atoms with E-state index in [1.807, 2.05) is 6.07 Å². The zero-order valence-electron chi connectivity index (χ0n) is 17.1. The Kier molecular flexibility index (Phi) is 8.43. The molecule has 2 N–H and O–H groups in total. The quantitative estimate of drug-likeness (QED) is 0.396. The maximum absolute atomic E-state index is 12.4. The van der Waals surface area contributed by atoms with Crippen LogP contribution in [0.3, 0.4) is 0 Å². The van der Waals surface area contributed by atoms with E-state index in [0.717, 1.165) is 32.1 Å². The second-order valence-corrected chi connectivity index (χ2v) is 8.40. The fourth-order valence-electron chi connectivity index (χ4n) is 3.73. The zero-order valence-corrected chi connectivity index (χ0v) is 18.7. The molecule has 1 aromatic carbocycles. The summed E-state index contributed by atoms with van der Waals surface area (Å²) in [6.07, 6.45) is 7.68. The van der Waals surface area contributed by atoms with Crippen LogP contribution in [0.15, 0.2) is 30.3 Å². The van der Waals surface area contributed by atoms with Crippen molar-refractivity contribution in [2.45, 2.75) is 50.7 Å². The van der Waals surface area contributed by atoms with Crippen LogP contribution in [-0.4, -0.2) is 53.0 Å². The van der Waals surface area contributed by atoms with Crippen molar-refractivity contribution in [1.82, 2.24) is 15.5 Å². The first-order valence-corrected chi connectivity index (χ1v) is 11.2. The Morgan fingerprint density at radius 3 is 2.74 bits per heavy atom. The van der Waals surface area contributed by atoms with Gasteiger partial charge in [0.25, 0.3) is 0 Å². The van der Waals surface area contributed by atoms with Gasteiger partial charge < -0.3 is 15.0 Å². The van der Waals surface area contributed by atoms with E-state index < -0.39 is 17.9 Å². The summed E-state index contributed by atoms with van der Waals surface area (Å²) in [6, 6.07) is 6.32. The number of halogens is 1. The molecule has 0 aromatic heterocycles. The molecule has 0 radical (unpaired) electrons. The number of rotatable bonds is 5. The molecule has 1 aliphatic heterocycles. The van der Waals surface area contributed by atoms with Gasteiger partial charge in [-0.2, -0.15) is 0 Å². The molecule has 31 heavy (non-hydrogen) atoms. The minimum atomic E-state index is -0.815. The monoisotopic (exact) mass is 463 g/mol. The first kappa shape index (κ1) is 23.2. The Labute approximate surface area is 192 Å². The van der Waals surface area contributed by atoms with Crippen molar-refractivity contribution < 1.29 is 19.1 Å². The van der Waals surface area contributed by atoms with E-state index in [-0.39, 0.29) is 23.5 Å². The molecule has 3 rings (SSSR count). The molecular weight excluding hydrogens is 438 g/mol. The lowest BCUT2D eigenvalue weighted by atomic mass is 9.98. The Bertz CT molecular complexity index is 870. The minimum Gasteiger partial charge on any atom is -0.462 e. The maximum atomic E-state index is 12.4. The summed E-state index contributed by atoms with van der Waals surface area (Å²) in [6.45, 7) is 0.763. The fourth-order valence-corrected chi connectivity index (χ4v) is 4.25. The Morgan fingerprint density at radius 2 is 2.00 bits per heavy atom. The molecule has 2 amide bonds. The summed E-state index contributed by atoms with van der Waals surface area (Å²) in [5.74, 6) is -1.18. The molecule has 1 aromatic rings. The average molecular weight is 464 g/mol. The largest absolute Gasteiger partial charge is 0.462 e. The Balaban J connectivity index is 1.58. The number of piperazine rings is 1. The lowest BCUT2D eigenvalue weighted by Crippen LogP contribution is -2.60. The molecule has 1 aliphatic carbocycles. The smallest absolute Gasteiger partial charge is 0.308 e. The molecule has 1 saturated carbocycles. The molecule has 166 valence electrons. The van der Waals surface area contributed by atoms with Crippen molar-refractivity contribution in [3.8, 4) is 0 Å². The average Bonchev–Trinajstić information content (AvgIpc) is 2.75. The third-order valence-electron chi connectivity index (χ3n) is 5.35. The maximum Gasteiger partial charge on any atom is 0.308 e. The van der Waals surface area contributed by atoms with Crippen LogP contribution in [0.2, 0.25) is 5.02 Å². The molecule has 0 bridgehead atoms. The Hall–Kier alpha value is -2.45. The van der Waals surface area contributed by atoms with Gasteiger partial charge in [-0.25, -0.2) is 0 Å². The van der Waals surface area contributed by atoms with Crippen molar-refractivity contribution >= 4 is 52.8 Å². The van der Waals surface area contributed by atoms with E-state index in [2.05, 4.69) is 10.6 Å². The van der Waals surface area contributed by atoms with Crippen molar-refractivity contribution in [3.63, 3.8) is 0 Å². The number of hydrogen-bond acceptors (Lipinski definition) is 5. The summed E-state index contributed by atoms with van der Waals surface area (Å²) in [7, 11) is 0. The van der Waals surface area contributed by atoms with Gasteiger partial charge >= 0.3 is 5.97 Å². The second-order valence-electron chi connectivity index (χ2n) is 7.60. The summed E-state index contributed by atoms with van der Waals surface area (Å²) < 4.78 is 5.55. The third-order valence-corrected chi connectivity index (χ3v) is 6.03. The molecule has 1 saturated heterocycles. The van der Waals surface area contributed by atoms with Crippen molar-refractivity contribution in [2.24, 2.45) is 0 Å². The van der Waals surface area contributed by atoms with Crippen LogP contribution in [0.1, 0.15) is 44.1 Å². The Morgan fingerprint density at radius 1 is 1.26 bits per heavy atom. The van der Waals surface area contributed by atoms with Crippen molar-refractivity contribution in [3.05, 3.63) is 40.9 Å². The normalized spacial score (nSPS) is 19.7. The van der Waals surface area contributed by atoms with E-state index in [9.17, 15) is 14.4 Å². The van der Waals surface area contributed by atoms with Gasteiger partial charge in [0.1, 0.15) is 12.1 Å². The van der Waals surface area contributed by atoms with Gasteiger partial charge in [0.2, 0.25) is 11.8 Å². The number of carbonyl (C=O) groups is 3. The predicted octanol–water partition coefficient (Wildman–Crippen LogP) is 2.82. The molecule has 7 nitrogen and oxygen atoms in total. The second kappa shape index (κ2) is 11.2. The SMILES string of the molecule is O=C(C=Cc1ccccc1Cl)NC(=S)N1CCNC(=O)C1CC(=O)OC1CCCCC1. The standard InChI is InChI=1S/C22H26ClN3O4S/c23-17-9-5-4-6-15(17)10-11-19(27)25-22(31)26-13-12-24-21(29)18(26)14-20(28)30-16-7-2-1-3-8-16/h4-6,9-11,16,18H,1-3,7-8,12-14H2,(H,24,29)(H,25,27,31). The molecule has 0 spiro atoms. The molecule has 2 aliphatic rings.